The first-order valence-corrected chi connectivity index (χ1v) is 9.06. The van der Waals surface area contributed by atoms with Crippen molar-refractivity contribution in [1.82, 2.24) is 10.9 Å². The summed E-state index contributed by atoms with van der Waals surface area (Å²) in [7, 11) is 1.29. The van der Waals surface area contributed by atoms with E-state index in [1.165, 1.54) is 13.2 Å². The molecule has 8 nitrogen and oxygen atoms in total. The highest BCUT2D eigenvalue weighted by Gasteiger charge is 2.09. The summed E-state index contributed by atoms with van der Waals surface area (Å²) in [5, 5.41) is 0. The molecular weight excluding hydrogens is 444 g/mol. The van der Waals surface area contributed by atoms with Gasteiger partial charge in [0.2, 0.25) is 0 Å². The van der Waals surface area contributed by atoms with Crippen LogP contribution in [-0.4, -0.2) is 37.5 Å². The van der Waals surface area contributed by atoms with Crippen LogP contribution in [0.1, 0.15) is 26.3 Å². The molecule has 0 aliphatic rings. The van der Waals surface area contributed by atoms with E-state index in [1.54, 1.807) is 48.5 Å². The number of amides is 2. The lowest BCUT2D eigenvalue weighted by Gasteiger charge is -2.07. The number of carbonyl (C=O) groups is 4. The Hall–Kier alpha value is -3.46. The molecule has 0 atom stereocenters. The van der Waals surface area contributed by atoms with Gasteiger partial charge in [-0.25, -0.2) is 9.59 Å². The Labute approximate surface area is 175 Å². The summed E-state index contributed by atoms with van der Waals surface area (Å²) >= 11 is 3.26. The van der Waals surface area contributed by atoms with Crippen molar-refractivity contribution >= 4 is 45.8 Å². The molecule has 2 rings (SSSR count). The van der Waals surface area contributed by atoms with Crippen molar-refractivity contribution in [3.63, 3.8) is 0 Å². The van der Waals surface area contributed by atoms with Gasteiger partial charge in [-0.15, -0.1) is 0 Å². The maximum atomic E-state index is 11.9. The van der Waals surface area contributed by atoms with Gasteiger partial charge in [-0.3, -0.25) is 20.4 Å². The molecule has 0 radical (unpaired) electrons. The Morgan fingerprint density at radius 3 is 2.17 bits per heavy atom. The molecule has 2 aromatic carbocycles. The predicted octanol–water partition coefficient (Wildman–Crippen LogP) is 2.25. The van der Waals surface area contributed by atoms with Gasteiger partial charge in [0.25, 0.3) is 11.8 Å². The first-order chi connectivity index (χ1) is 13.9. The second-order valence-electron chi connectivity index (χ2n) is 5.56. The molecule has 2 amide bonds. The van der Waals surface area contributed by atoms with Gasteiger partial charge in [0.05, 0.1) is 12.7 Å². The number of methoxy groups -OCH3 is 1. The zero-order valence-corrected chi connectivity index (χ0v) is 16.9. The third-order valence-electron chi connectivity index (χ3n) is 3.51. The van der Waals surface area contributed by atoms with Gasteiger partial charge in [-0.2, -0.15) is 0 Å². The summed E-state index contributed by atoms with van der Waals surface area (Å²) in [5.74, 6) is -2.40. The molecule has 0 heterocycles. The number of nitrogens with one attached hydrogen (secondary N) is 2. The smallest absolute Gasteiger partial charge is 0.337 e. The fourth-order valence-electron chi connectivity index (χ4n) is 2.03. The van der Waals surface area contributed by atoms with Gasteiger partial charge < -0.3 is 9.47 Å². The van der Waals surface area contributed by atoms with Crippen LogP contribution in [0.4, 0.5) is 0 Å². The second kappa shape index (κ2) is 10.8. The van der Waals surface area contributed by atoms with E-state index in [4.69, 9.17) is 4.74 Å². The van der Waals surface area contributed by atoms with Gasteiger partial charge in [-0.05, 0) is 48.0 Å². The number of carbonyl (C=O) groups excluding carboxylic acids is 4. The number of hydrogen-bond acceptors (Lipinski definition) is 6. The summed E-state index contributed by atoms with van der Waals surface area (Å²) in [6.45, 7) is -0.564. The summed E-state index contributed by atoms with van der Waals surface area (Å²) in [6, 6.07) is 12.9. The predicted molar refractivity (Wildman–Crippen MR) is 108 cm³/mol. The van der Waals surface area contributed by atoms with Crippen molar-refractivity contribution in [2.24, 2.45) is 0 Å². The molecule has 0 fully saturated rings. The maximum absolute atomic E-state index is 11.9. The monoisotopic (exact) mass is 460 g/mol. The number of halogens is 1. The minimum atomic E-state index is -0.739. The van der Waals surface area contributed by atoms with E-state index in [0.29, 0.717) is 16.7 Å². The van der Waals surface area contributed by atoms with Crippen LogP contribution in [-0.2, 0) is 19.1 Å². The summed E-state index contributed by atoms with van der Waals surface area (Å²) in [6.07, 6.45) is 2.61. The average Bonchev–Trinajstić information content (AvgIpc) is 2.74. The van der Waals surface area contributed by atoms with Gasteiger partial charge >= 0.3 is 11.9 Å². The molecule has 150 valence electrons. The van der Waals surface area contributed by atoms with Crippen molar-refractivity contribution in [2.45, 2.75) is 0 Å². The molecule has 0 spiro atoms. The summed E-state index contributed by atoms with van der Waals surface area (Å²) < 4.78 is 10.2. The van der Waals surface area contributed by atoms with Crippen molar-refractivity contribution in [3.8, 4) is 0 Å². The molecule has 0 saturated heterocycles. The van der Waals surface area contributed by atoms with E-state index < -0.39 is 30.4 Å². The molecule has 2 aromatic rings. The SMILES string of the molecule is COC(=O)c1ccc(/C=C/C(=O)OCC(=O)NNC(=O)c2ccc(Br)cc2)cc1. The largest absolute Gasteiger partial charge is 0.465 e. The van der Waals surface area contributed by atoms with Gasteiger partial charge in [0.1, 0.15) is 0 Å². The van der Waals surface area contributed by atoms with E-state index in [1.807, 2.05) is 0 Å². The molecular formula is C20H17BrN2O6. The van der Waals surface area contributed by atoms with Crippen LogP contribution in [0.2, 0.25) is 0 Å². The maximum Gasteiger partial charge on any atom is 0.337 e. The van der Waals surface area contributed by atoms with Gasteiger partial charge in [0, 0.05) is 16.1 Å². The van der Waals surface area contributed by atoms with Crippen molar-refractivity contribution in [1.29, 1.82) is 0 Å². The zero-order valence-electron chi connectivity index (χ0n) is 15.3. The van der Waals surface area contributed by atoms with Crippen molar-refractivity contribution < 1.29 is 28.7 Å². The second-order valence-corrected chi connectivity index (χ2v) is 6.48. The van der Waals surface area contributed by atoms with Crippen molar-refractivity contribution in [3.05, 3.63) is 75.8 Å². The normalized spacial score (nSPS) is 10.3. The topological polar surface area (TPSA) is 111 Å². The lowest BCUT2D eigenvalue weighted by Crippen LogP contribution is -2.43. The van der Waals surface area contributed by atoms with E-state index >= 15 is 0 Å². The van der Waals surface area contributed by atoms with E-state index in [2.05, 4.69) is 31.5 Å². The molecule has 29 heavy (non-hydrogen) atoms. The number of benzene rings is 2. The Balaban J connectivity index is 1.74. The molecule has 0 aliphatic carbocycles. The van der Waals surface area contributed by atoms with Crippen LogP contribution in [0.5, 0.6) is 0 Å². The Bertz CT molecular complexity index is 923. The standard InChI is InChI=1S/C20H17BrN2O6/c1-28-20(27)15-5-2-13(3-6-15)4-11-18(25)29-12-17(24)22-23-19(26)14-7-9-16(21)10-8-14/h2-11H,12H2,1H3,(H,22,24)(H,23,26)/b11-4+. The minimum absolute atomic E-state index is 0.353. The highest BCUT2D eigenvalue weighted by molar-refractivity contribution is 9.10. The Morgan fingerprint density at radius 1 is 0.931 bits per heavy atom. The average molecular weight is 461 g/mol. The first-order valence-electron chi connectivity index (χ1n) is 8.27. The van der Waals surface area contributed by atoms with Crippen LogP contribution in [0.3, 0.4) is 0 Å². The molecule has 0 bridgehead atoms. The lowest BCUT2D eigenvalue weighted by atomic mass is 10.1. The zero-order chi connectivity index (χ0) is 21.2. The lowest BCUT2D eigenvalue weighted by molar-refractivity contribution is -0.144. The quantitative estimate of drug-likeness (QED) is 0.388. The van der Waals surface area contributed by atoms with E-state index in [9.17, 15) is 19.2 Å². The Kier molecular flexibility index (Phi) is 8.11. The summed E-state index contributed by atoms with van der Waals surface area (Å²) in [4.78, 5) is 46.5. The number of ether oxygens (including phenoxy) is 2. The van der Waals surface area contributed by atoms with E-state index in [0.717, 1.165) is 10.5 Å². The fraction of sp³-hybridized carbons (Fsp3) is 0.100. The number of hydrazine groups is 1. The third-order valence-corrected chi connectivity index (χ3v) is 4.04. The highest BCUT2D eigenvalue weighted by atomic mass is 79.9. The molecule has 9 heteroatoms. The highest BCUT2D eigenvalue weighted by Crippen LogP contribution is 2.10. The molecule has 2 N–H and O–H groups in total. The first kappa shape index (κ1) is 21.8. The number of rotatable bonds is 6. The molecule has 0 unspecified atom stereocenters. The van der Waals surface area contributed by atoms with Crippen LogP contribution in [0.15, 0.2) is 59.1 Å². The van der Waals surface area contributed by atoms with Crippen LogP contribution in [0, 0.1) is 0 Å². The van der Waals surface area contributed by atoms with E-state index in [-0.39, 0.29) is 0 Å². The van der Waals surface area contributed by atoms with Gasteiger partial charge in [-0.1, -0.05) is 28.1 Å². The molecule has 0 saturated carbocycles. The molecule has 0 aromatic heterocycles. The number of hydrogen-bond donors (Lipinski definition) is 2. The third kappa shape index (κ3) is 7.23. The fourth-order valence-corrected chi connectivity index (χ4v) is 2.30. The Morgan fingerprint density at radius 2 is 1.55 bits per heavy atom. The van der Waals surface area contributed by atoms with Crippen molar-refractivity contribution in [2.75, 3.05) is 13.7 Å². The molecule has 0 aliphatic heterocycles. The number of esters is 2. The van der Waals surface area contributed by atoms with Crippen LogP contribution < -0.4 is 10.9 Å². The summed E-state index contributed by atoms with van der Waals surface area (Å²) in [5.41, 5.74) is 5.76. The minimum Gasteiger partial charge on any atom is -0.465 e. The van der Waals surface area contributed by atoms with Gasteiger partial charge in [0.15, 0.2) is 6.61 Å². The van der Waals surface area contributed by atoms with Crippen LogP contribution >= 0.6 is 15.9 Å². The van der Waals surface area contributed by atoms with Crippen LogP contribution in [0.25, 0.3) is 6.08 Å².